The summed E-state index contributed by atoms with van der Waals surface area (Å²) < 4.78 is 0. The van der Waals surface area contributed by atoms with Gasteiger partial charge in [-0.2, -0.15) is 0 Å². The van der Waals surface area contributed by atoms with Gasteiger partial charge in [-0.25, -0.2) is 0 Å². The molecule has 3 nitrogen and oxygen atoms in total. The van der Waals surface area contributed by atoms with Crippen LogP contribution in [0.3, 0.4) is 0 Å². The van der Waals surface area contributed by atoms with E-state index < -0.39 is 0 Å². The zero-order valence-corrected chi connectivity index (χ0v) is 13.5. The van der Waals surface area contributed by atoms with Gasteiger partial charge in [0, 0.05) is 12.1 Å². The van der Waals surface area contributed by atoms with Crippen LogP contribution in [0.5, 0.6) is 0 Å². The largest absolute Gasteiger partial charge is 0.342 e. The summed E-state index contributed by atoms with van der Waals surface area (Å²) in [4.78, 5) is 12.7. The molecule has 3 aromatic carbocycles. The van der Waals surface area contributed by atoms with Crippen molar-refractivity contribution in [2.45, 2.75) is 24.9 Å². The summed E-state index contributed by atoms with van der Waals surface area (Å²) in [5, 5.41) is 5.69. The van der Waals surface area contributed by atoms with Gasteiger partial charge in [0.2, 0.25) is 0 Å². The fourth-order valence-electron chi connectivity index (χ4n) is 3.36. The first-order valence-electron chi connectivity index (χ1n) is 8.32. The molecule has 1 saturated carbocycles. The van der Waals surface area contributed by atoms with E-state index in [4.69, 9.17) is 5.73 Å². The van der Waals surface area contributed by atoms with E-state index >= 15 is 0 Å². The number of rotatable bonds is 4. The van der Waals surface area contributed by atoms with Gasteiger partial charge in [0.1, 0.15) is 0 Å². The molecule has 1 amide bonds. The number of hydrogen-bond donors (Lipinski definition) is 2. The van der Waals surface area contributed by atoms with Gasteiger partial charge in [-0.15, -0.1) is 0 Å². The molecule has 0 heterocycles. The van der Waals surface area contributed by atoms with E-state index in [0.29, 0.717) is 12.1 Å². The SMILES string of the molecule is NCc1cccc(C(=O)NC2(c3cccc4ccccc34)CC2)c1. The lowest BCUT2D eigenvalue weighted by Gasteiger charge is -2.20. The minimum Gasteiger partial charge on any atom is -0.342 e. The van der Waals surface area contributed by atoms with Gasteiger partial charge >= 0.3 is 0 Å². The lowest BCUT2D eigenvalue weighted by Crippen LogP contribution is -2.35. The Morgan fingerprint density at radius 2 is 1.75 bits per heavy atom. The third kappa shape index (κ3) is 2.57. The van der Waals surface area contributed by atoms with Gasteiger partial charge in [-0.05, 0) is 46.9 Å². The van der Waals surface area contributed by atoms with Gasteiger partial charge in [-0.3, -0.25) is 4.79 Å². The predicted molar refractivity (Wildman–Crippen MR) is 96.7 cm³/mol. The van der Waals surface area contributed by atoms with Crippen LogP contribution in [0.25, 0.3) is 10.8 Å². The van der Waals surface area contributed by atoms with E-state index in [9.17, 15) is 4.79 Å². The topological polar surface area (TPSA) is 55.1 Å². The molecule has 1 fully saturated rings. The summed E-state index contributed by atoms with van der Waals surface area (Å²) >= 11 is 0. The number of nitrogens with one attached hydrogen (secondary N) is 1. The molecule has 0 unspecified atom stereocenters. The van der Waals surface area contributed by atoms with Crippen molar-refractivity contribution in [3.8, 4) is 0 Å². The van der Waals surface area contributed by atoms with Crippen LogP contribution in [-0.2, 0) is 12.1 Å². The standard InChI is InChI=1S/C21H20N2O/c22-14-15-5-3-8-17(13-15)20(24)23-21(11-12-21)19-10-4-7-16-6-1-2-9-18(16)19/h1-10,13H,11-12,14,22H2,(H,23,24). The average molecular weight is 316 g/mol. The first-order valence-corrected chi connectivity index (χ1v) is 8.32. The number of fused-ring (bicyclic) bond motifs is 1. The molecule has 0 aromatic heterocycles. The summed E-state index contributed by atoms with van der Waals surface area (Å²) in [6, 6.07) is 22.2. The third-order valence-electron chi connectivity index (χ3n) is 4.83. The highest BCUT2D eigenvalue weighted by molar-refractivity contribution is 5.96. The monoisotopic (exact) mass is 316 g/mol. The second-order valence-electron chi connectivity index (χ2n) is 6.47. The summed E-state index contributed by atoms with van der Waals surface area (Å²) in [5.41, 5.74) is 8.29. The Kier molecular flexibility index (Phi) is 3.58. The Hall–Kier alpha value is -2.65. The van der Waals surface area contributed by atoms with Crippen molar-refractivity contribution in [2.24, 2.45) is 5.73 Å². The number of amides is 1. The quantitative estimate of drug-likeness (QED) is 0.771. The van der Waals surface area contributed by atoms with Crippen LogP contribution in [-0.4, -0.2) is 5.91 Å². The summed E-state index contributed by atoms with van der Waals surface area (Å²) in [7, 11) is 0. The fourth-order valence-corrected chi connectivity index (χ4v) is 3.36. The molecule has 0 aliphatic heterocycles. The molecule has 3 aromatic rings. The molecule has 0 atom stereocenters. The summed E-state index contributed by atoms with van der Waals surface area (Å²) in [6.45, 7) is 0.440. The van der Waals surface area contributed by atoms with Gasteiger partial charge in [0.25, 0.3) is 5.91 Å². The van der Waals surface area contributed by atoms with Crippen molar-refractivity contribution in [3.63, 3.8) is 0 Å². The van der Waals surface area contributed by atoms with Crippen LogP contribution < -0.4 is 11.1 Å². The number of carbonyl (C=O) groups is 1. The second kappa shape index (κ2) is 5.77. The maximum atomic E-state index is 12.7. The Morgan fingerprint density at radius 3 is 2.54 bits per heavy atom. The number of hydrogen-bond acceptors (Lipinski definition) is 2. The van der Waals surface area contributed by atoms with E-state index in [2.05, 4.69) is 41.7 Å². The molecule has 4 rings (SSSR count). The van der Waals surface area contributed by atoms with Gasteiger partial charge < -0.3 is 11.1 Å². The lowest BCUT2D eigenvalue weighted by atomic mass is 9.96. The first kappa shape index (κ1) is 14.9. The van der Waals surface area contributed by atoms with Crippen molar-refractivity contribution in [1.82, 2.24) is 5.32 Å². The molecule has 1 aliphatic rings. The minimum absolute atomic E-state index is 0.0317. The Balaban J connectivity index is 1.67. The van der Waals surface area contributed by atoms with E-state index in [1.165, 1.54) is 16.3 Å². The summed E-state index contributed by atoms with van der Waals surface area (Å²) in [5.74, 6) is -0.0317. The highest BCUT2D eigenvalue weighted by Crippen LogP contribution is 2.48. The van der Waals surface area contributed by atoms with Crippen LogP contribution in [0.15, 0.2) is 66.7 Å². The number of benzene rings is 3. The molecule has 3 N–H and O–H groups in total. The average Bonchev–Trinajstić information content (AvgIpc) is 3.41. The van der Waals surface area contributed by atoms with Crippen LogP contribution in [0.2, 0.25) is 0 Å². The summed E-state index contributed by atoms with van der Waals surface area (Å²) in [6.07, 6.45) is 1.95. The van der Waals surface area contributed by atoms with Crippen LogP contribution in [0.4, 0.5) is 0 Å². The smallest absolute Gasteiger partial charge is 0.251 e. The molecular formula is C21H20N2O. The molecule has 24 heavy (non-hydrogen) atoms. The van der Waals surface area contributed by atoms with E-state index in [0.717, 1.165) is 18.4 Å². The van der Waals surface area contributed by atoms with E-state index in [-0.39, 0.29) is 11.4 Å². The molecule has 0 bridgehead atoms. The number of carbonyl (C=O) groups excluding carboxylic acids is 1. The Bertz CT molecular complexity index is 907. The van der Waals surface area contributed by atoms with Crippen molar-refractivity contribution >= 4 is 16.7 Å². The third-order valence-corrected chi connectivity index (χ3v) is 4.83. The second-order valence-corrected chi connectivity index (χ2v) is 6.47. The van der Waals surface area contributed by atoms with Gasteiger partial charge in [-0.1, -0.05) is 54.6 Å². The molecule has 0 saturated heterocycles. The van der Waals surface area contributed by atoms with Crippen LogP contribution >= 0.6 is 0 Å². The maximum Gasteiger partial charge on any atom is 0.251 e. The molecule has 120 valence electrons. The molecule has 0 spiro atoms. The van der Waals surface area contributed by atoms with E-state index in [1.54, 1.807) is 0 Å². The van der Waals surface area contributed by atoms with Gasteiger partial charge in [0.05, 0.1) is 5.54 Å². The Morgan fingerprint density at radius 1 is 1.00 bits per heavy atom. The van der Waals surface area contributed by atoms with Crippen molar-refractivity contribution in [3.05, 3.63) is 83.4 Å². The van der Waals surface area contributed by atoms with Crippen molar-refractivity contribution in [2.75, 3.05) is 0 Å². The van der Waals surface area contributed by atoms with Crippen molar-refractivity contribution in [1.29, 1.82) is 0 Å². The van der Waals surface area contributed by atoms with Gasteiger partial charge in [0.15, 0.2) is 0 Å². The zero-order chi connectivity index (χ0) is 16.6. The minimum atomic E-state index is -0.239. The highest BCUT2D eigenvalue weighted by atomic mass is 16.1. The number of nitrogens with two attached hydrogens (primary N) is 1. The first-order chi connectivity index (χ1) is 11.7. The maximum absolute atomic E-state index is 12.7. The zero-order valence-electron chi connectivity index (χ0n) is 13.5. The molecular weight excluding hydrogens is 296 g/mol. The lowest BCUT2D eigenvalue weighted by molar-refractivity contribution is 0.0931. The van der Waals surface area contributed by atoms with Crippen LogP contribution in [0, 0.1) is 0 Å². The highest BCUT2D eigenvalue weighted by Gasteiger charge is 2.46. The molecule has 3 heteroatoms. The van der Waals surface area contributed by atoms with E-state index in [1.807, 2.05) is 30.3 Å². The molecule has 1 aliphatic carbocycles. The van der Waals surface area contributed by atoms with Crippen molar-refractivity contribution < 1.29 is 4.79 Å². The predicted octanol–water partition coefficient (Wildman–Crippen LogP) is 3.72. The van der Waals surface area contributed by atoms with Crippen LogP contribution in [0.1, 0.15) is 34.3 Å². The molecule has 0 radical (unpaired) electrons. The Labute approximate surface area is 141 Å². The normalized spacial score (nSPS) is 15.2. The fraction of sp³-hybridized carbons (Fsp3) is 0.190.